The fraction of sp³-hybridized carbons (Fsp3) is 0.100. The Kier molecular flexibility index (Phi) is 5.20. The molecule has 130 valence electrons. The van der Waals surface area contributed by atoms with Crippen LogP contribution < -0.4 is 14.8 Å². The molecular weight excluding hydrogens is 332 g/mol. The van der Waals surface area contributed by atoms with Crippen LogP contribution in [0, 0.1) is 11.3 Å². The normalized spacial score (nSPS) is 10.0. The lowest BCUT2D eigenvalue weighted by Crippen LogP contribution is -2.11. The molecule has 0 fully saturated rings. The molecule has 0 unspecified atom stereocenters. The summed E-state index contributed by atoms with van der Waals surface area (Å²) in [6.07, 6.45) is 0. The summed E-state index contributed by atoms with van der Waals surface area (Å²) in [6.45, 7) is 0.155. The topological polar surface area (TPSA) is 84.5 Å². The summed E-state index contributed by atoms with van der Waals surface area (Å²) in [5, 5.41) is 11.7. The summed E-state index contributed by atoms with van der Waals surface area (Å²) in [4.78, 5) is 12.3. The number of hydrogen-bond acceptors (Lipinski definition) is 5. The van der Waals surface area contributed by atoms with Crippen molar-refractivity contribution in [3.63, 3.8) is 0 Å². The molecule has 26 heavy (non-hydrogen) atoms. The van der Waals surface area contributed by atoms with Gasteiger partial charge < -0.3 is 19.2 Å². The average molecular weight is 348 g/mol. The number of benzene rings is 2. The summed E-state index contributed by atoms with van der Waals surface area (Å²) in [5.74, 6) is 1.40. The number of nitriles is 1. The van der Waals surface area contributed by atoms with Gasteiger partial charge in [0.1, 0.15) is 18.4 Å². The molecule has 0 radical (unpaired) electrons. The Balaban J connectivity index is 1.66. The van der Waals surface area contributed by atoms with E-state index < -0.39 is 5.91 Å². The lowest BCUT2D eigenvalue weighted by atomic mass is 10.2. The summed E-state index contributed by atoms with van der Waals surface area (Å²) in [7, 11) is 1.57. The first-order valence-electron chi connectivity index (χ1n) is 7.86. The van der Waals surface area contributed by atoms with Crippen molar-refractivity contribution in [1.29, 1.82) is 5.26 Å². The monoisotopic (exact) mass is 348 g/mol. The number of rotatable bonds is 6. The third-order valence-corrected chi connectivity index (χ3v) is 3.62. The minimum Gasteiger partial charge on any atom is -0.493 e. The molecule has 0 aliphatic heterocycles. The highest BCUT2D eigenvalue weighted by molar-refractivity contribution is 6.03. The molecule has 1 heterocycles. The summed E-state index contributed by atoms with van der Waals surface area (Å²) in [5.41, 5.74) is 0.815. The zero-order valence-corrected chi connectivity index (χ0v) is 14.1. The number of para-hydroxylation sites is 3. The molecule has 1 N–H and O–H groups in total. The SMILES string of the molecule is COc1ccccc1OCc1ccc(C(=O)Nc2ccccc2C#N)o1. The third-order valence-electron chi connectivity index (χ3n) is 3.62. The Labute approximate surface area is 150 Å². The van der Waals surface area contributed by atoms with Gasteiger partial charge in [-0.1, -0.05) is 24.3 Å². The van der Waals surface area contributed by atoms with E-state index in [1.807, 2.05) is 18.2 Å². The standard InChI is InChI=1S/C20H16N2O4/c1-24-17-8-4-5-9-18(17)25-13-15-10-11-19(26-15)20(23)22-16-7-3-2-6-14(16)12-21/h2-11H,13H2,1H3,(H,22,23). The van der Waals surface area contributed by atoms with Crippen molar-refractivity contribution in [3.05, 3.63) is 77.7 Å². The minimum atomic E-state index is -0.434. The van der Waals surface area contributed by atoms with Crippen molar-refractivity contribution in [2.45, 2.75) is 6.61 Å². The predicted octanol–water partition coefficient (Wildman–Crippen LogP) is 3.99. The summed E-state index contributed by atoms with van der Waals surface area (Å²) < 4.78 is 16.4. The first-order chi connectivity index (χ1) is 12.7. The van der Waals surface area contributed by atoms with Gasteiger partial charge in [-0.25, -0.2) is 0 Å². The maximum atomic E-state index is 12.3. The number of furan rings is 1. The van der Waals surface area contributed by atoms with Crippen LogP contribution >= 0.6 is 0 Å². The van der Waals surface area contributed by atoms with Gasteiger partial charge in [-0.15, -0.1) is 0 Å². The smallest absolute Gasteiger partial charge is 0.291 e. The zero-order chi connectivity index (χ0) is 18.4. The number of methoxy groups -OCH3 is 1. The second-order valence-electron chi connectivity index (χ2n) is 5.32. The number of carbonyl (C=O) groups is 1. The van der Waals surface area contributed by atoms with Crippen LogP contribution in [0.5, 0.6) is 11.5 Å². The van der Waals surface area contributed by atoms with Gasteiger partial charge in [0.25, 0.3) is 5.91 Å². The highest BCUT2D eigenvalue weighted by Gasteiger charge is 2.14. The first-order valence-corrected chi connectivity index (χ1v) is 7.86. The molecule has 0 aliphatic carbocycles. The van der Waals surface area contributed by atoms with Crippen molar-refractivity contribution in [2.24, 2.45) is 0 Å². The van der Waals surface area contributed by atoms with Gasteiger partial charge in [-0.2, -0.15) is 5.26 Å². The number of nitrogens with zero attached hydrogens (tertiary/aromatic N) is 1. The van der Waals surface area contributed by atoms with Crippen molar-refractivity contribution in [1.82, 2.24) is 0 Å². The molecule has 3 rings (SSSR count). The van der Waals surface area contributed by atoms with Crippen LogP contribution in [-0.2, 0) is 6.61 Å². The molecule has 6 heteroatoms. The largest absolute Gasteiger partial charge is 0.493 e. The molecule has 0 aliphatic rings. The predicted molar refractivity (Wildman–Crippen MR) is 95.1 cm³/mol. The van der Waals surface area contributed by atoms with E-state index in [2.05, 4.69) is 5.32 Å². The molecule has 0 spiro atoms. The fourth-order valence-electron chi connectivity index (χ4n) is 2.34. The fourth-order valence-corrected chi connectivity index (χ4v) is 2.34. The molecule has 0 atom stereocenters. The zero-order valence-electron chi connectivity index (χ0n) is 14.1. The number of amides is 1. The number of anilines is 1. The van der Waals surface area contributed by atoms with Gasteiger partial charge in [0.2, 0.25) is 0 Å². The molecule has 0 saturated carbocycles. The van der Waals surface area contributed by atoms with Gasteiger partial charge in [-0.05, 0) is 36.4 Å². The molecule has 6 nitrogen and oxygen atoms in total. The van der Waals surface area contributed by atoms with E-state index in [9.17, 15) is 4.79 Å². The number of nitrogens with one attached hydrogen (secondary N) is 1. The molecule has 2 aromatic carbocycles. The van der Waals surface area contributed by atoms with Crippen LogP contribution in [0.3, 0.4) is 0 Å². The lowest BCUT2D eigenvalue weighted by molar-refractivity contribution is 0.0992. The average Bonchev–Trinajstić information content (AvgIpc) is 3.16. The van der Waals surface area contributed by atoms with Crippen LogP contribution in [0.2, 0.25) is 0 Å². The van der Waals surface area contributed by atoms with Crippen LogP contribution in [0.25, 0.3) is 0 Å². The maximum Gasteiger partial charge on any atom is 0.291 e. The Hall–Kier alpha value is -3.72. The second kappa shape index (κ2) is 7.90. The van der Waals surface area contributed by atoms with Crippen LogP contribution in [0.4, 0.5) is 5.69 Å². The number of ether oxygens (including phenoxy) is 2. The molecule has 1 aromatic heterocycles. The second-order valence-corrected chi connectivity index (χ2v) is 5.32. The molecule has 3 aromatic rings. The van der Waals surface area contributed by atoms with Gasteiger partial charge >= 0.3 is 0 Å². The Morgan fingerprint density at radius 1 is 1.08 bits per heavy atom. The van der Waals surface area contributed by atoms with Crippen molar-refractivity contribution >= 4 is 11.6 Å². The van der Waals surface area contributed by atoms with E-state index in [0.717, 1.165) is 0 Å². The van der Waals surface area contributed by atoms with Gasteiger partial charge in [-0.3, -0.25) is 4.79 Å². The van der Waals surface area contributed by atoms with Gasteiger partial charge in [0.05, 0.1) is 18.4 Å². The van der Waals surface area contributed by atoms with E-state index in [1.165, 1.54) is 0 Å². The third kappa shape index (κ3) is 3.84. The highest BCUT2D eigenvalue weighted by atomic mass is 16.5. The Bertz CT molecular complexity index is 956. The lowest BCUT2D eigenvalue weighted by Gasteiger charge is -2.08. The molecule has 0 bridgehead atoms. The summed E-state index contributed by atoms with van der Waals surface area (Å²) in [6, 6.07) is 19.3. The quantitative estimate of drug-likeness (QED) is 0.728. The van der Waals surface area contributed by atoms with Crippen molar-refractivity contribution in [3.8, 4) is 17.6 Å². The summed E-state index contributed by atoms with van der Waals surface area (Å²) >= 11 is 0. The van der Waals surface area contributed by atoms with Crippen LogP contribution in [-0.4, -0.2) is 13.0 Å². The van der Waals surface area contributed by atoms with Gasteiger partial charge in [0, 0.05) is 0 Å². The molecular formula is C20H16N2O4. The van der Waals surface area contributed by atoms with E-state index >= 15 is 0 Å². The van der Waals surface area contributed by atoms with Crippen LogP contribution in [0.1, 0.15) is 21.9 Å². The minimum absolute atomic E-state index is 0.136. The van der Waals surface area contributed by atoms with Crippen molar-refractivity contribution in [2.75, 3.05) is 12.4 Å². The van der Waals surface area contributed by atoms with Crippen LogP contribution in [0.15, 0.2) is 65.1 Å². The van der Waals surface area contributed by atoms with Crippen molar-refractivity contribution < 1.29 is 18.7 Å². The number of carbonyl (C=O) groups excluding carboxylic acids is 1. The highest BCUT2D eigenvalue weighted by Crippen LogP contribution is 2.27. The number of hydrogen-bond donors (Lipinski definition) is 1. The van der Waals surface area contributed by atoms with E-state index in [0.29, 0.717) is 28.5 Å². The van der Waals surface area contributed by atoms with E-state index in [4.69, 9.17) is 19.2 Å². The van der Waals surface area contributed by atoms with E-state index in [1.54, 1.807) is 55.6 Å². The van der Waals surface area contributed by atoms with E-state index in [-0.39, 0.29) is 12.4 Å². The molecule has 1 amide bonds. The molecule has 0 saturated heterocycles. The Morgan fingerprint density at radius 2 is 1.81 bits per heavy atom. The first kappa shape index (κ1) is 17.1. The maximum absolute atomic E-state index is 12.3. The Morgan fingerprint density at radius 3 is 2.58 bits per heavy atom. The van der Waals surface area contributed by atoms with Gasteiger partial charge in [0.15, 0.2) is 17.3 Å².